The normalized spacial score (nSPS) is 13.2. The number of nitro benzene ring substituents is 1. The maximum Gasteiger partial charge on any atom is 0.331 e. The smallest absolute Gasteiger partial charge is 0.331 e. The number of aromatic nitrogens is 2. The molecule has 0 saturated carbocycles. The second-order valence-electron chi connectivity index (χ2n) is 7.64. The number of nitro groups is 1. The summed E-state index contributed by atoms with van der Waals surface area (Å²) in [5.41, 5.74) is 4.16. The Morgan fingerprint density at radius 1 is 1.30 bits per heavy atom. The van der Waals surface area contributed by atoms with Crippen molar-refractivity contribution < 1.29 is 19.2 Å². The summed E-state index contributed by atoms with van der Waals surface area (Å²) in [6.07, 6.45) is 6.04. The van der Waals surface area contributed by atoms with Gasteiger partial charge in [0.2, 0.25) is 0 Å². The molecule has 1 amide bonds. The van der Waals surface area contributed by atoms with Crippen molar-refractivity contribution in [3.05, 3.63) is 74.5 Å². The van der Waals surface area contributed by atoms with E-state index in [2.05, 4.69) is 4.98 Å². The predicted molar refractivity (Wildman–Crippen MR) is 125 cm³/mol. The van der Waals surface area contributed by atoms with E-state index in [9.17, 15) is 19.7 Å². The van der Waals surface area contributed by atoms with Crippen LogP contribution in [0.2, 0.25) is 0 Å². The van der Waals surface area contributed by atoms with E-state index in [4.69, 9.17) is 4.74 Å². The van der Waals surface area contributed by atoms with E-state index in [1.807, 2.05) is 29.9 Å². The van der Waals surface area contributed by atoms with E-state index in [1.165, 1.54) is 34.4 Å². The van der Waals surface area contributed by atoms with Gasteiger partial charge in [-0.05, 0) is 56.0 Å². The molecule has 0 aliphatic carbocycles. The van der Waals surface area contributed by atoms with Crippen LogP contribution in [0.15, 0.2) is 41.9 Å². The average Bonchev–Trinajstić information content (AvgIpc) is 3.42. The summed E-state index contributed by atoms with van der Waals surface area (Å²) in [7, 11) is 0. The molecule has 1 aliphatic heterocycles. The first kappa shape index (κ1) is 22.4. The molecule has 0 unspecified atom stereocenters. The maximum atomic E-state index is 12.7. The molecule has 4 rings (SSSR count). The molecule has 1 aliphatic rings. The molecular formula is C23H22N4O5S. The highest BCUT2D eigenvalue weighted by molar-refractivity contribution is 7.12. The lowest BCUT2D eigenvalue weighted by molar-refractivity contribution is -0.384. The summed E-state index contributed by atoms with van der Waals surface area (Å²) >= 11 is 1.52. The van der Waals surface area contributed by atoms with Crippen LogP contribution in [-0.4, -0.2) is 39.5 Å². The average molecular weight is 467 g/mol. The molecule has 170 valence electrons. The minimum absolute atomic E-state index is 0.00571. The highest BCUT2D eigenvalue weighted by Gasteiger charge is 2.25. The van der Waals surface area contributed by atoms with Crippen LogP contribution < -0.4 is 4.90 Å². The first-order valence-electron chi connectivity index (χ1n) is 10.4. The van der Waals surface area contributed by atoms with Gasteiger partial charge in [0.05, 0.1) is 4.92 Å². The maximum absolute atomic E-state index is 12.7. The van der Waals surface area contributed by atoms with Crippen LogP contribution in [0.5, 0.6) is 0 Å². The lowest BCUT2D eigenvalue weighted by atomic mass is 10.0. The van der Waals surface area contributed by atoms with Gasteiger partial charge in [0, 0.05) is 53.4 Å². The van der Waals surface area contributed by atoms with Crippen molar-refractivity contribution in [1.82, 2.24) is 9.55 Å². The fourth-order valence-electron chi connectivity index (χ4n) is 3.95. The predicted octanol–water partition coefficient (Wildman–Crippen LogP) is 3.99. The summed E-state index contributed by atoms with van der Waals surface area (Å²) in [4.78, 5) is 41.3. The van der Waals surface area contributed by atoms with Gasteiger partial charge in [-0.3, -0.25) is 19.5 Å². The van der Waals surface area contributed by atoms with Crippen LogP contribution in [0.25, 0.3) is 11.2 Å². The Morgan fingerprint density at radius 3 is 2.85 bits per heavy atom. The van der Waals surface area contributed by atoms with Gasteiger partial charge in [0.15, 0.2) is 11.7 Å². The fraction of sp³-hybridized carbons (Fsp3) is 0.261. The van der Waals surface area contributed by atoms with Gasteiger partial charge in [-0.25, -0.2) is 9.78 Å². The number of non-ortho nitro benzene ring substituents is 1. The third kappa shape index (κ3) is 4.70. The number of fused-ring (bicyclic) bond motifs is 1. The van der Waals surface area contributed by atoms with E-state index < -0.39 is 17.5 Å². The zero-order valence-corrected chi connectivity index (χ0v) is 19.0. The number of hydrogen-bond acceptors (Lipinski definition) is 7. The first-order chi connectivity index (χ1) is 15.8. The van der Waals surface area contributed by atoms with E-state index >= 15 is 0 Å². The van der Waals surface area contributed by atoms with Gasteiger partial charge in [-0.15, -0.1) is 11.3 Å². The standard InChI is InChI=1S/C23H22N4O5S/c1-15-12-17(16(2)26(15)23-24-9-11-33-23)5-8-22(29)32-14-21(28)25-10-3-4-18-13-19(27(30)31)6-7-20(18)25/h5-9,11-13H,3-4,10,14H2,1-2H3/b8-5+. The fourth-order valence-corrected chi connectivity index (χ4v) is 4.70. The molecule has 0 fully saturated rings. The second kappa shape index (κ2) is 9.37. The Labute approximate surface area is 194 Å². The molecule has 33 heavy (non-hydrogen) atoms. The Morgan fingerprint density at radius 2 is 2.12 bits per heavy atom. The van der Waals surface area contributed by atoms with Gasteiger partial charge in [-0.2, -0.15) is 0 Å². The van der Waals surface area contributed by atoms with E-state index in [-0.39, 0.29) is 11.6 Å². The van der Waals surface area contributed by atoms with E-state index in [0.717, 1.165) is 27.6 Å². The Bertz CT molecular complexity index is 1250. The monoisotopic (exact) mass is 466 g/mol. The zero-order chi connectivity index (χ0) is 23.5. The minimum Gasteiger partial charge on any atom is -0.452 e. The molecule has 0 spiro atoms. The molecule has 0 bridgehead atoms. The lowest BCUT2D eigenvalue weighted by Crippen LogP contribution is -2.38. The number of amides is 1. The number of anilines is 1. The summed E-state index contributed by atoms with van der Waals surface area (Å²) in [5, 5.41) is 13.8. The van der Waals surface area contributed by atoms with Crippen LogP contribution in [0.1, 0.15) is 28.9 Å². The van der Waals surface area contributed by atoms with Crippen molar-refractivity contribution in [3.63, 3.8) is 0 Å². The third-order valence-electron chi connectivity index (χ3n) is 5.51. The van der Waals surface area contributed by atoms with Crippen LogP contribution in [-0.2, 0) is 20.7 Å². The number of carbonyl (C=O) groups excluding carboxylic acids is 2. The molecule has 0 atom stereocenters. The van der Waals surface area contributed by atoms with Crippen molar-refractivity contribution in [2.75, 3.05) is 18.1 Å². The summed E-state index contributed by atoms with van der Waals surface area (Å²) in [5.74, 6) is -0.989. The molecule has 10 heteroatoms. The number of nitrogens with zero attached hydrogens (tertiary/aromatic N) is 4. The minimum atomic E-state index is -0.622. The number of thiazole rings is 1. The van der Waals surface area contributed by atoms with Crippen molar-refractivity contribution in [3.8, 4) is 5.13 Å². The van der Waals surface area contributed by atoms with Crippen LogP contribution in [0.4, 0.5) is 11.4 Å². The van der Waals surface area contributed by atoms with E-state index in [1.54, 1.807) is 18.3 Å². The Kier molecular flexibility index (Phi) is 6.36. The largest absolute Gasteiger partial charge is 0.452 e. The SMILES string of the molecule is Cc1cc(/C=C/C(=O)OCC(=O)N2CCCc3cc([N+](=O)[O-])ccc32)c(C)n1-c1nccs1. The van der Waals surface area contributed by atoms with E-state index in [0.29, 0.717) is 25.1 Å². The van der Waals surface area contributed by atoms with Gasteiger partial charge in [-0.1, -0.05) is 0 Å². The Balaban J connectivity index is 1.39. The van der Waals surface area contributed by atoms with Crippen molar-refractivity contribution >= 4 is 40.7 Å². The molecule has 3 aromatic rings. The second-order valence-corrected chi connectivity index (χ2v) is 8.51. The highest BCUT2D eigenvalue weighted by atomic mass is 32.1. The number of benzene rings is 1. The molecule has 2 aromatic heterocycles. The van der Waals surface area contributed by atoms with Gasteiger partial charge >= 0.3 is 5.97 Å². The number of esters is 1. The van der Waals surface area contributed by atoms with Crippen molar-refractivity contribution in [2.45, 2.75) is 26.7 Å². The summed E-state index contributed by atoms with van der Waals surface area (Å²) in [6.45, 7) is 3.98. The quantitative estimate of drug-likeness (QED) is 0.235. The first-order valence-corrected chi connectivity index (χ1v) is 11.2. The van der Waals surface area contributed by atoms with Crippen LogP contribution >= 0.6 is 11.3 Å². The number of carbonyl (C=O) groups is 2. The third-order valence-corrected chi connectivity index (χ3v) is 6.27. The highest BCUT2D eigenvalue weighted by Crippen LogP contribution is 2.30. The molecule has 9 nitrogen and oxygen atoms in total. The van der Waals surface area contributed by atoms with Crippen molar-refractivity contribution in [1.29, 1.82) is 0 Å². The number of hydrogen-bond donors (Lipinski definition) is 0. The molecule has 3 heterocycles. The molecule has 0 N–H and O–H groups in total. The summed E-state index contributed by atoms with van der Waals surface area (Å²) in [6, 6.07) is 6.40. The Hall–Kier alpha value is -3.79. The molecule has 1 aromatic carbocycles. The number of ether oxygens (including phenoxy) is 1. The van der Waals surface area contributed by atoms with Crippen LogP contribution in [0.3, 0.4) is 0 Å². The molecular weight excluding hydrogens is 444 g/mol. The number of aryl methyl sites for hydroxylation is 2. The summed E-state index contributed by atoms with van der Waals surface area (Å²) < 4.78 is 7.17. The number of rotatable bonds is 6. The molecule has 0 saturated heterocycles. The van der Waals surface area contributed by atoms with Crippen LogP contribution in [0, 0.1) is 24.0 Å². The lowest BCUT2D eigenvalue weighted by Gasteiger charge is -2.29. The topological polar surface area (TPSA) is 108 Å². The van der Waals surface area contributed by atoms with Gasteiger partial charge in [0.25, 0.3) is 11.6 Å². The van der Waals surface area contributed by atoms with Gasteiger partial charge < -0.3 is 9.64 Å². The van der Waals surface area contributed by atoms with Gasteiger partial charge in [0.1, 0.15) is 0 Å². The molecule has 0 radical (unpaired) electrons. The van der Waals surface area contributed by atoms with Crippen molar-refractivity contribution in [2.24, 2.45) is 0 Å². The zero-order valence-electron chi connectivity index (χ0n) is 18.2.